The Bertz CT molecular complexity index is 557. The van der Waals surface area contributed by atoms with Gasteiger partial charge in [-0.15, -0.1) is 0 Å². The van der Waals surface area contributed by atoms with Crippen LogP contribution in [0.3, 0.4) is 0 Å². The standard InChI is InChI=1S/C19H21N/c1-3-7-17(8-4-1)15-18-11-13-20(14-12-18)16-19-9-5-2-6-10-19/h1-11H,12-16H2. The Morgan fingerprint density at radius 2 is 1.45 bits per heavy atom. The molecule has 3 rings (SSSR count). The highest BCUT2D eigenvalue weighted by Gasteiger charge is 2.12. The van der Waals surface area contributed by atoms with Gasteiger partial charge in [-0.3, -0.25) is 4.90 Å². The van der Waals surface area contributed by atoms with Crippen molar-refractivity contribution >= 4 is 0 Å². The first-order valence-electron chi connectivity index (χ1n) is 7.38. The maximum Gasteiger partial charge on any atom is 0.0237 e. The van der Waals surface area contributed by atoms with Crippen LogP contribution in [0.25, 0.3) is 0 Å². The molecule has 0 amide bonds. The van der Waals surface area contributed by atoms with Crippen LogP contribution in [0.2, 0.25) is 0 Å². The summed E-state index contributed by atoms with van der Waals surface area (Å²) in [6.07, 6.45) is 4.72. The molecular formula is C19H21N. The van der Waals surface area contributed by atoms with E-state index in [1.165, 1.54) is 24.1 Å². The summed E-state index contributed by atoms with van der Waals surface area (Å²) < 4.78 is 0. The minimum atomic E-state index is 1.07. The predicted molar refractivity (Wildman–Crippen MR) is 84.6 cm³/mol. The number of rotatable bonds is 4. The fourth-order valence-electron chi connectivity index (χ4n) is 2.76. The molecule has 0 atom stereocenters. The normalized spacial score (nSPS) is 15.9. The lowest BCUT2D eigenvalue weighted by molar-refractivity contribution is 0.285. The Kier molecular flexibility index (Phi) is 4.29. The fourth-order valence-corrected chi connectivity index (χ4v) is 2.76. The Morgan fingerprint density at radius 3 is 2.05 bits per heavy atom. The molecular weight excluding hydrogens is 242 g/mol. The SMILES string of the molecule is C1=C(Cc2ccccc2)CCN(Cc2ccccc2)C1. The third-order valence-electron chi connectivity index (χ3n) is 3.91. The Labute approximate surface area is 121 Å². The monoisotopic (exact) mass is 263 g/mol. The van der Waals surface area contributed by atoms with E-state index in [1.54, 1.807) is 5.57 Å². The maximum atomic E-state index is 2.52. The van der Waals surface area contributed by atoms with Crippen molar-refractivity contribution in [2.75, 3.05) is 13.1 Å². The van der Waals surface area contributed by atoms with E-state index in [9.17, 15) is 0 Å². The van der Waals surface area contributed by atoms with Crippen molar-refractivity contribution in [3.8, 4) is 0 Å². The van der Waals surface area contributed by atoms with Gasteiger partial charge in [-0.2, -0.15) is 0 Å². The summed E-state index contributed by atoms with van der Waals surface area (Å²) in [4.78, 5) is 2.52. The first-order chi connectivity index (χ1) is 9.90. The van der Waals surface area contributed by atoms with Gasteiger partial charge in [-0.05, 0) is 24.0 Å². The third kappa shape index (κ3) is 3.58. The van der Waals surface area contributed by atoms with Gasteiger partial charge in [0.15, 0.2) is 0 Å². The van der Waals surface area contributed by atoms with Crippen molar-refractivity contribution in [1.29, 1.82) is 0 Å². The van der Waals surface area contributed by atoms with E-state index >= 15 is 0 Å². The van der Waals surface area contributed by atoms with E-state index in [0.29, 0.717) is 0 Å². The third-order valence-corrected chi connectivity index (χ3v) is 3.91. The van der Waals surface area contributed by atoms with Crippen LogP contribution in [0.1, 0.15) is 17.5 Å². The molecule has 0 fully saturated rings. The summed E-state index contributed by atoms with van der Waals surface area (Å²) in [6, 6.07) is 21.5. The van der Waals surface area contributed by atoms with Gasteiger partial charge in [0.2, 0.25) is 0 Å². The van der Waals surface area contributed by atoms with E-state index in [1.807, 2.05) is 0 Å². The lowest BCUT2D eigenvalue weighted by Crippen LogP contribution is -2.28. The van der Waals surface area contributed by atoms with Crippen molar-refractivity contribution in [2.24, 2.45) is 0 Å². The second-order valence-electron chi connectivity index (χ2n) is 5.50. The topological polar surface area (TPSA) is 3.24 Å². The summed E-state index contributed by atoms with van der Waals surface area (Å²) in [6.45, 7) is 3.32. The molecule has 0 saturated carbocycles. The molecule has 1 heterocycles. The van der Waals surface area contributed by atoms with Gasteiger partial charge in [0.1, 0.15) is 0 Å². The van der Waals surface area contributed by atoms with Crippen LogP contribution in [-0.2, 0) is 13.0 Å². The van der Waals surface area contributed by atoms with E-state index in [-0.39, 0.29) is 0 Å². The molecule has 1 aliphatic rings. The molecule has 2 aromatic carbocycles. The molecule has 0 unspecified atom stereocenters. The molecule has 0 bridgehead atoms. The quantitative estimate of drug-likeness (QED) is 0.752. The molecule has 0 saturated heterocycles. The highest BCUT2D eigenvalue weighted by Crippen LogP contribution is 2.17. The molecule has 1 aliphatic heterocycles. The first kappa shape index (κ1) is 13.1. The van der Waals surface area contributed by atoms with Gasteiger partial charge >= 0.3 is 0 Å². The molecule has 1 nitrogen and oxygen atoms in total. The summed E-state index contributed by atoms with van der Waals surface area (Å²) in [5.74, 6) is 0. The average Bonchev–Trinajstić information content (AvgIpc) is 2.51. The average molecular weight is 263 g/mol. The molecule has 2 aromatic rings. The smallest absolute Gasteiger partial charge is 0.0237 e. The Morgan fingerprint density at radius 1 is 0.800 bits per heavy atom. The zero-order valence-corrected chi connectivity index (χ0v) is 11.8. The van der Waals surface area contributed by atoms with Crippen LogP contribution in [0.4, 0.5) is 0 Å². The van der Waals surface area contributed by atoms with E-state index in [4.69, 9.17) is 0 Å². The van der Waals surface area contributed by atoms with Crippen LogP contribution in [-0.4, -0.2) is 18.0 Å². The van der Waals surface area contributed by atoms with Gasteiger partial charge < -0.3 is 0 Å². The molecule has 0 aliphatic carbocycles. The number of nitrogens with zero attached hydrogens (tertiary/aromatic N) is 1. The second-order valence-corrected chi connectivity index (χ2v) is 5.50. The lowest BCUT2D eigenvalue weighted by atomic mass is 9.99. The van der Waals surface area contributed by atoms with Gasteiger partial charge in [-0.1, -0.05) is 72.3 Å². The van der Waals surface area contributed by atoms with E-state index < -0.39 is 0 Å². The number of hydrogen-bond donors (Lipinski definition) is 0. The van der Waals surface area contributed by atoms with Gasteiger partial charge in [0.25, 0.3) is 0 Å². The van der Waals surface area contributed by atoms with E-state index in [2.05, 4.69) is 71.6 Å². The summed E-state index contributed by atoms with van der Waals surface area (Å²) in [5, 5.41) is 0. The van der Waals surface area contributed by atoms with Gasteiger partial charge in [0.05, 0.1) is 0 Å². The van der Waals surface area contributed by atoms with Crippen LogP contribution in [0, 0.1) is 0 Å². The van der Waals surface area contributed by atoms with Crippen LogP contribution < -0.4 is 0 Å². The lowest BCUT2D eigenvalue weighted by Gasteiger charge is -2.26. The molecule has 0 aromatic heterocycles. The maximum absolute atomic E-state index is 2.52. The minimum absolute atomic E-state index is 1.07. The van der Waals surface area contributed by atoms with Crippen molar-refractivity contribution in [3.63, 3.8) is 0 Å². The summed E-state index contributed by atoms with van der Waals surface area (Å²) in [5.41, 5.74) is 4.42. The largest absolute Gasteiger partial charge is 0.295 e. The molecule has 102 valence electrons. The molecule has 20 heavy (non-hydrogen) atoms. The van der Waals surface area contributed by atoms with Crippen molar-refractivity contribution < 1.29 is 0 Å². The highest BCUT2D eigenvalue weighted by atomic mass is 15.1. The highest BCUT2D eigenvalue weighted by molar-refractivity contribution is 5.23. The van der Waals surface area contributed by atoms with Crippen LogP contribution >= 0.6 is 0 Å². The zero-order valence-electron chi connectivity index (χ0n) is 11.8. The zero-order chi connectivity index (χ0) is 13.6. The van der Waals surface area contributed by atoms with Gasteiger partial charge in [-0.25, -0.2) is 0 Å². The molecule has 0 radical (unpaired) electrons. The number of hydrogen-bond acceptors (Lipinski definition) is 1. The Balaban J connectivity index is 1.55. The summed E-state index contributed by atoms with van der Waals surface area (Å²) in [7, 11) is 0. The predicted octanol–water partition coefficient (Wildman–Crippen LogP) is 4.06. The first-order valence-corrected chi connectivity index (χ1v) is 7.38. The molecule has 0 N–H and O–H groups in total. The minimum Gasteiger partial charge on any atom is -0.295 e. The van der Waals surface area contributed by atoms with Crippen molar-refractivity contribution in [3.05, 3.63) is 83.4 Å². The summed E-state index contributed by atoms with van der Waals surface area (Å²) >= 11 is 0. The van der Waals surface area contributed by atoms with E-state index in [0.717, 1.165) is 19.5 Å². The number of benzene rings is 2. The van der Waals surface area contributed by atoms with Crippen LogP contribution in [0.5, 0.6) is 0 Å². The Hall–Kier alpha value is -1.86. The molecule has 1 heteroatoms. The second kappa shape index (κ2) is 6.53. The van der Waals surface area contributed by atoms with Crippen molar-refractivity contribution in [2.45, 2.75) is 19.4 Å². The molecule has 0 spiro atoms. The van der Waals surface area contributed by atoms with Crippen molar-refractivity contribution in [1.82, 2.24) is 4.90 Å². The van der Waals surface area contributed by atoms with Gasteiger partial charge in [0, 0.05) is 19.6 Å². The fraction of sp³-hybridized carbons (Fsp3) is 0.263. The van der Waals surface area contributed by atoms with Crippen LogP contribution in [0.15, 0.2) is 72.3 Å².